The fourth-order valence-electron chi connectivity index (χ4n) is 4.02. The van der Waals surface area contributed by atoms with Gasteiger partial charge in [-0.25, -0.2) is 0 Å². The molecule has 0 aromatic heterocycles. The Morgan fingerprint density at radius 2 is 0.243 bits per heavy atom. The second-order valence-corrected chi connectivity index (χ2v) is 17.8. The maximum Gasteiger partial charge on any atom is 4.00 e. The van der Waals surface area contributed by atoms with Crippen LogP contribution in [0.15, 0.2) is 0 Å². The van der Waals surface area contributed by atoms with Crippen molar-refractivity contribution in [2.75, 3.05) is 0 Å². The van der Waals surface area contributed by atoms with Crippen LogP contribution in [-0.4, -0.2) is 44.3 Å². The Morgan fingerprint density at radius 1 is 0.189 bits per heavy atom. The van der Waals surface area contributed by atoms with E-state index in [0.717, 1.165) is 0 Å². The summed E-state index contributed by atoms with van der Waals surface area (Å²) in [4.78, 5) is 0. The van der Waals surface area contributed by atoms with Crippen molar-refractivity contribution in [3.05, 3.63) is 21.3 Å². The van der Waals surface area contributed by atoms with E-state index in [-0.39, 0.29) is 66.0 Å². The zero-order valence-corrected chi connectivity index (χ0v) is 31.9. The first kappa shape index (κ1) is 47.3. The third-order valence-corrected chi connectivity index (χ3v) is 2.68. The molecule has 4 nitrogen and oxygen atoms in total. The molecule has 0 saturated carbocycles. The molecule has 0 radical (unpaired) electrons. The van der Waals surface area contributed by atoms with Gasteiger partial charge in [0.1, 0.15) is 0 Å². The van der Waals surface area contributed by atoms with Crippen molar-refractivity contribution in [3.8, 4) is 0 Å². The van der Waals surface area contributed by atoms with Crippen LogP contribution in [0.2, 0.25) is 0 Å². The molecule has 0 unspecified atom stereocenters. The van der Waals surface area contributed by atoms with Gasteiger partial charge in [0, 0.05) is 0 Å². The van der Waals surface area contributed by atoms with Gasteiger partial charge < -0.3 is 21.3 Å². The van der Waals surface area contributed by atoms with Crippen molar-refractivity contribution in [2.45, 2.75) is 210 Å². The summed E-state index contributed by atoms with van der Waals surface area (Å²) in [6.45, 7) is 51.0. The van der Waals surface area contributed by atoms with Crippen LogP contribution < -0.4 is 0 Å². The van der Waals surface area contributed by atoms with Crippen molar-refractivity contribution in [2.24, 2.45) is 0 Å². The second-order valence-electron chi connectivity index (χ2n) is 17.8. The molecule has 0 aromatic rings. The molecule has 0 aliphatic heterocycles. The van der Waals surface area contributed by atoms with E-state index in [1.54, 1.807) is 0 Å². The molecule has 0 heterocycles. The van der Waals surface area contributed by atoms with Crippen LogP contribution in [0.3, 0.4) is 0 Å². The van der Waals surface area contributed by atoms with Crippen molar-refractivity contribution in [1.29, 1.82) is 0 Å². The molecule has 0 atom stereocenters. The molecule has 0 rings (SSSR count). The van der Waals surface area contributed by atoms with Crippen LogP contribution in [0.5, 0.6) is 0 Å². The van der Waals surface area contributed by atoms with Crippen LogP contribution in [0, 0.1) is 0 Å². The second kappa shape index (κ2) is 16.7. The van der Waals surface area contributed by atoms with Gasteiger partial charge >= 0.3 is 21.7 Å². The Morgan fingerprint density at radius 3 is 0.243 bits per heavy atom. The van der Waals surface area contributed by atoms with Crippen molar-refractivity contribution in [3.63, 3.8) is 0 Å². The molecule has 0 N–H and O–H groups in total. The molecule has 0 aliphatic carbocycles. The molecular formula is C32H72N4Ti. The number of rotatable bonds is 0. The summed E-state index contributed by atoms with van der Waals surface area (Å²) in [5.74, 6) is 0. The number of hydrogen-bond donors (Lipinski definition) is 0. The largest absolute Gasteiger partial charge is 4.00 e. The summed E-state index contributed by atoms with van der Waals surface area (Å²) in [6.07, 6.45) is 0. The third-order valence-electron chi connectivity index (χ3n) is 2.68. The minimum atomic E-state index is 0. The molecule has 0 fully saturated rings. The number of nitrogens with zero attached hydrogens (tertiary/aromatic N) is 4. The maximum absolute atomic E-state index is 4.54. The van der Waals surface area contributed by atoms with Gasteiger partial charge in [-0.3, -0.25) is 0 Å². The zero-order chi connectivity index (χ0) is 30.8. The first-order valence-electron chi connectivity index (χ1n) is 13.8. The van der Waals surface area contributed by atoms with Gasteiger partial charge in [-0.2, -0.15) is 0 Å². The Balaban J connectivity index is -0.000000122. The molecule has 0 amide bonds. The zero-order valence-electron chi connectivity index (χ0n) is 30.3. The molecule has 0 aromatic carbocycles. The molecule has 0 bridgehead atoms. The normalized spacial score (nSPS) is 13.6. The first-order valence-corrected chi connectivity index (χ1v) is 13.8. The minimum absolute atomic E-state index is 0. The van der Waals surface area contributed by atoms with Crippen molar-refractivity contribution in [1.82, 2.24) is 0 Å². The van der Waals surface area contributed by atoms with Crippen LogP contribution in [0.1, 0.15) is 166 Å². The monoisotopic (exact) mass is 561 g/mol. The third kappa shape index (κ3) is 72.4. The van der Waals surface area contributed by atoms with Gasteiger partial charge in [0.15, 0.2) is 0 Å². The standard InChI is InChI=1S/4C8H18N.Ti/c4*1-7(2,3)9-8(4,5)6;/h4*1-6H3;/q4*-1;+4. The fraction of sp³-hybridized carbons (Fsp3) is 1.00. The van der Waals surface area contributed by atoms with Gasteiger partial charge in [-0.05, 0) is 0 Å². The van der Waals surface area contributed by atoms with E-state index in [9.17, 15) is 0 Å². The Kier molecular flexibility index (Phi) is 21.4. The van der Waals surface area contributed by atoms with Crippen molar-refractivity contribution >= 4 is 0 Å². The summed E-state index contributed by atoms with van der Waals surface area (Å²) >= 11 is 0. The molecule has 0 saturated heterocycles. The fourth-order valence-corrected chi connectivity index (χ4v) is 4.02. The van der Waals surface area contributed by atoms with Gasteiger partial charge in [0.25, 0.3) is 0 Å². The van der Waals surface area contributed by atoms with E-state index in [0.29, 0.717) is 0 Å². The average molecular weight is 561 g/mol. The molecule has 224 valence electrons. The first-order chi connectivity index (χ1) is 14.8. The molecule has 0 spiro atoms. The summed E-state index contributed by atoms with van der Waals surface area (Å²) < 4.78 is 0. The van der Waals surface area contributed by atoms with Gasteiger partial charge in [-0.1, -0.05) is 166 Å². The van der Waals surface area contributed by atoms with Gasteiger partial charge in [0.05, 0.1) is 0 Å². The van der Waals surface area contributed by atoms with E-state index >= 15 is 0 Å². The van der Waals surface area contributed by atoms with Crippen LogP contribution in [-0.2, 0) is 21.7 Å². The van der Waals surface area contributed by atoms with E-state index in [2.05, 4.69) is 187 Å². The number of hydrogen-bond acceptors (Lipinski definition) is 0. The Hall–Kier alpha value is 0.554. The summed E-state index contributed by atoms with van der Waals surface area (Å²) in [6, 6.07) is 0. The van der Waals surface area contributed by atoms with Crippen LogP contribution in [0.4, 0.5) is 0 Å². The van der Waals surface area contributed by atoms with Gasteiger partial charge in [0.2, 0.25) is 0 Å². The van der Waals surface area contributed by atoms with E-state index < -0.39 is 0 Å². The topological polar surface area (TPSA) is 56.4 Å². The summed E-state index contributed by atoms with van der Waals surface area (Å²) in [5, 5.41) is 18.2. The average Bonchev–Trinajstić information content (AvgIpc) is 2.19. The summed E-state index contributed by atoms with van der Waals surface area (Å²) in [7, 11) is 0. The Labute approximate surface area is 252 Å². The van der Waals surface area contributed by atoms with E-state index in [1.807, 2.05) is 0 Å². The molecule has 0 aliphatic rings. The van der Waals surface area contributed by atoms with E-state index in [1.165, 1.54) is 0 Å². The van der Waals surface area contributed by atoms with Crippen molar-refractivity contribution < 1.29 is 21.7 Å². The molecule has 5 heteroatoms. The maximum atomic E-state index is 4.54. The van der Waals surface area contributed by atoms with Crippen LogP contribution in [0.25, 0.3) is 21.3 Å². The predicted octanol–water partition coefficient (Wildman–Crippen LogP) is 11.8. The van der Waals surface area contributed by atoms with E-state index in [4.69, 9.17) is 0 Å². The molecule has 37 heavy (non-hydrogen) atoms. The summed E-state index contributed by atoms with van der Waals surface area (Å²) in [5.41, 5.74) is 0.875. The van der Waals surface area contributed by atoms with Gasteiger partial charge in [-0.15, -0.1) is 44.3 Å². The molecular weight excluding hydrogens is 488 g/mol. The minimum Gasteiger partial charge on any atom is -0.653 e. The Bertz CT molecular complexity index is 390. The SMILES string of the molecule is CC(C)(C)[N-]C(C)(C)C.CC(C)(C)[N-]C(C)(C)C.CC(C)(C)[N-]C(C)(C)C.CC(C)(C)[N-]C(C)(C)C.[Ti+4]. The quantitative estimate of drug-likeness (QED) is 0.265. The smallest absolute Gasteiger partial charge is 0.653 e. The predicted molar refractivity (Wildman–Crippen MR) is 171 cm³/mol. The van der Waals surface area contributed by atoms with Crippen LogP contribution >= 0.6 is 0 Å².